The molecule has 166 valence electrons. The van der Waals surface area contributed by atoms with Gasteiger partial charge in [-0.25, -0.2) is 0 Å². The number of hydrogen-bond donors (Lipinski definition) is 1. The van der Waals surface area contributed by atoms with Crippen LogP contribution in [0.4, 0.5) is 11.4 Å². The molecule has 6 heteroatoms. The molecule has 1 fully saturated rings. The Kier molecular flexibility index (Phi) is 6.15. The molecule has 0 aromatic heterocycles. The third-order valence-electron chi connectivity index (χ3n) is 6.14. The van der Waals surface area contributed by atoms with Crippen LogP contribution < -0.4 is 10.2 Å². The second kappa shape index (κ2) is 9.01. The Morgan fingerprint density at radius 2 is 1.66 bits per heavy atom. The van der Waals surface area contributed by atoms with E-state index in [1.54, 1.807) is 6.08 Å². The van der Waals surface area contributed by atoms with E-state index in [9.17, 15) is 9.59 Å². The van der Waals surface area contributed by atoms with Gasteiger partial charge in [0.2, 0.25) is 0 Å². The highest BCUT2D eigenvalue weighted by Crippen LogP contribution is 2.33. The first kappa shape index (κ1) is 21.8. The van der Waals surface area contributed by atoms with Crippen molar-refractivity contribution in [1.29, 1.82) is 0 Å². The number of nitrogens with one attached hydrogen (secondary N) is 1. The number of likely N-dealkylation sites (N-methyl/N-ethyl adjacent to an activating group) is 1. The van der Waals surface area contributed by atoms with Crippen LogP contribution >= 0.6 is 0 Å². The summed E-state index contributed by atoms with van der Waals surface area (Å²) in [7, 11) is 2.14. The van der Waals surface area contributed by atoms with Crippen LogP contribution in [0.15, 0.2) is 60.8 Å². The Hall–Kier alpha value is -3.38. The zero-order valence-electron chi connectivity index (χ0n) is 19.0. The Labute approximate surface area is 189 Å². The summed E-state index contributed by atoms with van der Waals surface area (Å²) in [5.74, 6) is -0.619. The molecular weight excluding hydrogens is 400 g/mol. The predicted molar refractivity (Wildman–Crippen MR) is 130 cm³/mol. The Morgan fingerprint density at radius 1 is 0.969 bits per heavy atom. The fourth-order valence-corrected chi connectivity index (χ4v) is 4.30. The summed E-state index contributed by atoms with van der Waals surface area (Å²) < 4.78 is 0. The van der Waals surface area contributed by atoms with Crippen molar-refractivity contribution >= 4 is 28.8 Å². The van der Waals surface area contributed by atoms with Gasteiger partial charge in [-0.05, 0) is 56.3 Å². The van der Waals surface area contributed by atoms with Crippen LogP contribution in [0.5, 0.6) is 0 Å². The van der Waals surface area contributed by atoms with Crippen LogP contribution in [0.1, 0.15) is 16.7 Å². The van der Waals surface area contributed by atoms with E-state index in [2.05, 4.69) is 40.9 Å². The van der Waals surface area contributed by atoms with Crippen molar-refractivity contribution in [3.05, 3.63) is 77.5 Å². The highest BCUT2D eigenvalue weighted by molar-refractivity contribution is 6.36. The molecule has 1 saturated heterocycles. The molecule has 0 bridgehead atoms. The second-order valence-corrected chi connectivity index (χ2v) is 8.54. The summed E-state index contributed by atoms with van der Waals surface area (Å²) in [6.07, 6.45) is 1.57. The number of imide groups is 1. The molecular formula is C26H30N4O2. The van der Waals surface area contributed by atoms with Gasteiger partial charge in [0.05, 0.1) is 5.57 Å². The van der Waals surface area contributed by atoms with Crippen molar-refractivity contribution in [1.82, 2.24) is 9.80 Å². The van der Waals surface area contributed by atoms with Gasteiger partial charge in [-0.15, -0.1) is 6.58 Å². The Morgan fingerprint density at radius 3 is 2.28 bits per heavy atom. The van der Waals surface area contributed by atoms with Crippen molar-refractivity contribution in [3.63, 3.8) is 0 Å². The van der Waals surface area contributed by atoms with Crippen molar-refractivity contribution in [2.75, 3.05) is 50.0 Å². The molecule has 0 spiro atoms. The first-order valence-corrected chi connectivity index (χ1v) is 11.0. The molecule has 0 saturated carbocycles. The first-order valence-electron chi connectivity index (χ1n) is 11.0. The molecule has 2 aliphatic heterocycles. The Balaban J connectivity index is 1.65. The number of rotatable bonds is 6. The maximum absolute atomic E-state index is 13.2. The average Bonchev–Trinajstić information content (AvgIpc) is 3.00. The minimum atomic E-state index is -0.326. The van der Waals surface area contributed by atoms with Crippen LogP contribution in [0.2, 0.25) is 0 Å². The summed E-state index contributed by atoms with van der Waals surface area (Å²) in [5.41, 5.74) is 5.52. The summed E-state index contributed by atoms with van der Waals surface area (Å²) >= 11 is 0. The normalized spacial score (nSPS) is 17.3. The molecule has 0 unspecified atom stereocenters. The van der Waals surface area contributed by atoms with Crippen LogP contribution in [0.3, 0.4) is 0 Å². The molecule has 0 radical (unpaired) electrons. The third kappa shape index (κ3) is 4.18. The first-order chi connectivity index (χ1) is 15.4. The summed E-state index contributed by atoms with van der Waals surface area (Å²) in [4.78, 5) is 32.2. The standard InChI is InChI=1S/C26H30N4O2/c1-5-12-30-25(31)23(22-11-6-18(2)17-19(22)3)24(26(30)32)27-20-7-9-21(10-8-20)29-15-13-28(4)14-16-29/h5-11,17,27H,1,12-16H2,2-4H3. The van der Waals surface area contributed by atoms with Crippen molar-refractivity contribution in [3.8, 4) is 0 Å². The van der Waals surface area contributed by atoms with E-state index in [-0.39, 0.29) is 18.4 Å². The van der Waals surface area contributed by atoms with Crippen molar-refractivity contribution in [2.45, 2.75) is 13.8 Å². The van der Waals surface area contributed by atoms with Gasteiger partial charge in [0.1, 0.15) is 5.70 Å². The van der Waals surface area contributed by atoms with E-state index in [1.807, 2.05) is 44.2 Å². The number of benzene rings is 2. The van der Waals surface area contributed by atoms with Crippen LogP contribution in [-0.4, -0.2) is 61.4 Å². The predicted octanol–water partition coefficient (Wildman–Crippen LogP) is 3.43. The molecule has 32 heavy (non-hydrogen) atoms. The lowest BCUT2D eigenvalue weighted by molar-refractivity contribution is -0.136. The third-order valence-corrected chi connectivity index (χ3v) is 6.14. The topological polar surface area (TPSA) is 55.9 Å². The number of amides is 2. The Bertz CT molecular complexity index is 1080. The lowest BCUT2D eigenvalue weighted by Crippen LogP contribution is -2.44. The number of nitrogens with zero attached hydrogens (tertiary/aromatic N) is 3. The molecule has 6 nitrogen and oxygen atoms in total. The SMILES string of the molecule is C=CCN1C(=O)C(Nc2ccc(N3CCN(C)CC3)cc2)=C(c2ccc(C)cc2C)C1=O. The van der Waals surface area contributed by atoms with Crippen LogP contribution in [0.25, 0.3) is 5.57 Å². The number of aryl methyl sites for hydroxylation is 2. The average molecular weight is 431 g/mol. The highest BCUT2D eigenvalue weighted by atomic mass is 16.2. The fraction of sp³-hybridized carbons (Fsp3) is 0.308. The summed E-state index contributed by atoms with van der Waals surface area (Å²) in [6, 6.07) is 14.0. The maximum Gasteiger partial charge on any atom is 0.278 e. The van der Waals surface area contributed by atoms with Gasteiger partial charge in [-0.3, -0.25) is 14.5 Å². The van der Waals surface area contributed by atoms with Crippen LogP contribution in [0, 0.1) is 13.8 Å². The molecule has 2 heterocycles. The van der Waals surface area contributed by atoms with Gasteiger partial charge in [-0.1, -0.05) is 29.8 Å². The number of carbonyl (C=O) groups excluding carboxylic acids is 2. The molecule has 2 amide bonds. The van der Waals surface area contributed by atoms with Gasteiger partial charge in [0.15, 0.2) is 0 Å². The monoisotopic (exact) mass is 430 g/mol. The molecule has 2 aliphatic rings. The molecule has 0 atom stereocenters. The van der Waals surface area contributed by atoms with Gasteiger partial charge in [0, 0.05) is 44.1 Å². The minimum absolute atomic E-state index is 0.180. The fourth-order valence-electron chi connectivity index (χ4n) is 4.30. The van der Waals surface area contributed by atoms with E-state index in [4.69, 9.17) is 0 Å². The minimum Gasteiger partial charge on any atom is -0.369 e. The highest BCUT2D eigenvalue weighted by Gasteiger charge is 2.39. The molecule has 0 aliphatic carbocycles. The molecule has 1 N–H and O–H groups in total. The maximum atomic E-state index is 13.2. The quantitative estimate of drug-likeness (QED) is 0.562. The zero-order chi connectivity index (χ0) is 22.8. The summed E-state index contributed by atoms with van der Waals surface area (Å²) in [6.45, 7) is 11.9. The smallest absolute Gasteiger partial charge is 0.278 e. The second-order valence-electron chi connectivity index (χ2n) is 8.54. The number of piperazine rings is 1. The lowest BCUT2D eigenvalue weighted by atomic mass is 9.97. The molecule has 2 aromatic carbocycles. The van der Waals surface area contributed by atoms with E-state index in [0.717, 1.165) is 54.2 Å². The molecule has 4 rings (SSSR count). The van der Waals surface area contributed by atoms with E-state index in [0.29, 0.717) is 11.3 Å². The van der Waals surface area contributed by atoms with Crippen molar-refractivity contribution < 1.29 is 9.59 Å². The summed E-state index contributed by atoms with van der Waals surface area (Å²) in [5, 5.41) is 3.24. The van der Waals surface area contributed by atoms with Gasteiger partial charge in [-0.2, -0.15) is 0 Å². The van der Waals surface area contributed by atoms with E-state index >= 15 is 0 Å². The van der Waals surface area contributed by atoms with Crippen molar-refractivity contribution in [2.24, 2.45) is 0 Å². The van der Waals surface area contributed by atoms with Crippen LogP contribution in [-0.2, 0) is 9.59 Å². The molecule has 2 aromatic rings. The van der Waals surface area contributed by atoms with Gasteiger partial charge < -0.3 is 15.1 Å². The lowest BCUT2D eigenvalue weighted by Gasteiger charge is -2.34. The number of hydrogen-bond acceptors (Lipinski definition) is 5. The largest absolute Gasteiger partial charge is 0.369 e. The van der Waals surface area contributed by atoms with Gasteiger partial charge in [0.25, 0.3) is 11.8 Å². The van der Waals surface area contributed by atoms with E-state index < -0.39 is 0 Å². The zero-order valence-corrected chi connectivity index (χ0v) is 19.0. The number of anilines is 2. The number of carbonyl (C=O) groups is 2. The van der Waals surface area contributed by atoms with E-state index in [1.165, 1.54) is 4.90 Å². The van der Waals surface area contributed by atoms with Gasteiger partial charge >= 0.3 is 0 Å².